The van der Waals surface area contributed by atoms with E-state index in [1.54, 1.807) is 48.8 Å². The molecule has 4 aliphatic heterocycles. The zero-order valence-electron chi connectivity index (χ0n) is 32.8. The third-order valence-corrected chi connectivity index (χ3v) is 11.6. The van der Waals surface area contributed by atoms with Gasteiger partial charge in [0.25, 0.3) is 11.8 Å². The van der Waals surface area contributed by atoms with E-state index in [-0.39, 0.29) is 42.8 Å². The van der Waals surface area contributed by atoms with Crippen molar-refractivity contribution in [2.75, 3.05) is 63.8 Å². The molecule has 0 radical (unpaired) electrons. The molecule has 2 aromatic carbocycles. The Morgan fingerprint density at radius 3 is 2.58 bits per heavy atom. The zero-order chi connectivity index (χ0) is 41.2. The van der Waals surface area contributed by atoms with Gasteiger partial charge in [-0.2, -0.15) is 0 Å². The number of imidazole rings is 1. The van der Waals surface area contributed by atoms with E-state index in [4.69, 9.17) is 29.7 Å². The summed E-state index contributed by atoms with van der Waals surface area (Å²) in [5.41, 5.74) is 10.5. The number of nitrogens with one attached hydrogen (secondary N) is 2. The Hall–Kier alpha value is -6.27. The van der Waals surface area contributed by atoms with Crippen molar-refractivity contribution in [1.29, 1.82) is 0 Å². The van der Waals surface area contributed by atoms with Crippen molar-refractivity contribution in [2.45, 2.75) is 43.9 Å². The van der Waals surface area contributed by atoms with Crippen LogP contribution < -0.4 is 21.1 Å². The van der Waals surface area contributed by atoms with Gasteiger partial charge in [-0.3, -0.25) is 33.8 Å². The number of hydrogen-bond donors (Lipinski definition) is 3. The lowest BCUT2D eigenvalue weighted by molar-refractivity contribution is -0.136. The van der Waals surface area contributed by atoms with Crippen LogP contribution in [0.4, 0.5) is 11.6 Å². The van der Waals surface area contributed by atoms with E-state index in [1.165, 1.54) is 4.90 Å². The van der Waals surface area contributed by atoms with Crippen LogP contribution in [0.15, 0.2) is 79.3 Å². The quantitative estimate of drug-likeness (QED) is 0.103. The Bertz CT molecular complexity index is 2410. The predicted molar refractivity (Wildman–Crippen MR) is 217 cm³/mol. The molecule has 17 nitrogen and oxygen atoms in total. The monoisotopic (exact) mass is 815 g/mol. The zero-order valence-corrected chi connectivity index (χ0v) is 32.8. The number of hydrogen-bond acceptors (Lipinski definition) is 13. The van der Waals surface area contributed by atoms with Gasteiger partial charge in [0.05, 0.1) is 45.7 Å². The molecule has 310 valence electrons. The van der Waals surface area contributed by atoms with Gasteiger partial charge in [-0.05, 0) is 60.9 Å². The molecule has 4 aliphatic rings. The number of carbonyl (C=O) groups excluding carboxylic acids is 4. The summed E-state index contributed by atoms with van der Waals surface area (Å²) in [4.78, 5) is 67.5. The lowest BCUT2D eigenvalue weighted by atomic mass is 10.0. The molecule has 7 heterocycles. The maximum Gasteiger partial charge on any atom is 0.256 e. The summed E-state index contributed by atoms with van der Waals surface area (Å²) in [6, 6.07) is 17.5. The summed E-state index contributed by atoms with van der Waals surface area (Å²) in [5.74, 6) is 1.45. The number of amides is 4. The van der Waals surface area contributed by atoms with Crippen molar-refractivity contribution in [1.82, 2.24) is 34.5 Å². The third kappa shape index (κ3) is 7.91. The Kier molecular flexibility index (Phi) is 11.2. The number of rotatable bonds is 15. The summed E-state index contributed by atoms with van der Waals surface area (Å²) < 4.78 is 25.7. The molecule has 17 heteroatoms. The number of likely N-dealkylation sites (tertiary alicyclic amines) is 1. The van der Waals surface area contributed by atoms with Gasteiger partial charge in [-0.25, -0.2) is 15.0 Å². The van der Waals surface area contributed by atoms with Crippen molar-refractivity contribution >= 4 is 40.8 Å². The predicted octanol–water partition coefficient (Wildman–Crippen LogP) is 3.26. The second-order valence-electron chi connectivity index (χ2n) is 15.2. The van der Waals surface area contributed by atoms with Gasteiger partial charge < -0.3 is 34.9 Å². The molecule has 3 aromatic heterocycles. The molecular formula is C43H45N9O8. The fourth-order valence-corrected chi connectivity index (χ4v) is 8.69. The molecule has 60 heavy (non-hydrogen) atoms. The minimum Gasteiger partial charge on any atom is -0.491 e. The first-order chi connectivity index (χ1) is 29.3. The fourth-order valence-electron chi connectivity index (χ4n) is 8.69. The van der Waals surface area contributed by atoms with Crippen LogP contribution in [0.5, 0.6) is 5.75 Å². The largest absolute Gasteiger partial charge is 0.491 e. The molecule has 0 bridgehead atoms. The molecule has 9 rings (SSSR count). The van der Waals surface area contributed by atoms with Gasteiger partial charge in [0.2, 0.25) is 11.8 Å². The van der Waals surface area contributed by atoms with Crippen molar-refractivity contribution < 1.29 is 38.1 Å². The molecule has 3 fully saturated rings. The van der Waals surface area contributed by atoms with Gasteiger partial charge in [0, 0.05) is 66.8 Å². The Balaban J connectivity index is 0.771. The fraction of sp³-hybridized carbons (Fsp3) is 0.372. The maximum atomic E-state index is 13.0. The van der Waals surface area contributed by atoms with E-state index in [1.807, 2.05) is 34.9 Å². The smallest absolute Gasteiger partial charge is 0.256 e. The molecule has 0 spiro atoms. The van der Waals surface area contributed by atoms with Crippen LogP contribution in [0.2, 0.25) is 0 Å². The molecule has 0 saturated carbocycles. The Morgan fingerprint density at radius 1 is 0.933 bits per heavy atom. The first-order valence-electron chi connectivity index (χ1n) is 20.2. The number of ether oxygens (including phenoxy) is 4. The minimum atomic E-state index is -0.659. The number of nitrogens with two attached hydrogens (primary N) is 1. The normalized spacial score (nSPS) is 21.3. The van der Waals surface area contributed by atoms with Crippen molar-refractivity contribution in [3.63, 3.8) is 0 Å². The number of pyridine rings is 1. The topological polar surface area (TPSA) is 205 Å². The van der Waals surface area contributed by atoms with E-state index < -0.39 is 11.9 Å². The molecule has 4 amide bonds. The molecule has 3 saturated heterocycles. The highest BCUT2D eigenvalue weighted by Crippen LogP contribution is 2.44. The van der Waals surface area contributed by atoms with E-state index >= 15 is 0 Å². The minimum absolute atomic E-state index is 0.00906. The van der Waals surface area contributed by atoms with Gasteiger partial charge in [-0.1, -0.05) is 18.2 Å². The average Bonchev–Trinajstić information content (AvgIpc) is 4.03. The van der Waals surface area contributed by atoms with Crippen LogP contribution in [-0.4, -0.2) is 118 Å². The number of imide groups is 1. The van der Waals surface area contributed by atoms with Crippen LogP contribution in [-0.2, 0) is 30.3 Å². The average molecular weight is 816 g/mol. The van der Waals surface area contributed by atoms with Gasteiger partial charge in [-0.15, -0.1) is 0 Å². The number of benzene rings is 2. The second-order valence-corrected chi connectivity index (χ2v) is 15.2. The Labute approximate surface area is 345 Å². The van der Waals surface area contributed by atoms with E-state index in [2.05, 4.69) is 25.5 Å². The van der Waals surface area contributed by atoms with Crippen molar-refractivity contribution in [3.8, 4) is 17.0 Å². The highest BCUT2D eigenvalue weighted by Gasteiger charge is 2.46. The highest BCUT2D eigenvalue weighted by molar-refractivity contribution is 6.06. The molecule has 1 unspecified atom stereocenters. The van der Waals surface area contributed by atoms with E-state index in [0.717, 1.165) is 23.4 Å². The van der Waals surface area contributed by atoms with E-state index in [0.29, 0.717) is 105 Å². The van der Waals surface area contributed by atoms with Crippen molar-refractivity contribution in [3.05, 3.63) is 102 Å². The number of carbonyl (C=O) groups is 4. The highest BCUT2D eigenvalue weighted by atomic mass is 16.5. The number of nitrogens with zero attached hydrogens (tertiary/aromatic N) is 6. The molecule has 5 aromatic rings. The van der Waals surface area contributed by atoms with E-state index in [9.17, 15) is 19.2 Å². The number of aromatic nitrogens is 4. The van der Waals surface area contributed by atoms with Crippen molar-refractivity contribution in [2.24, 2.45) is 5.92 Å². The lowest BCUT2D eigenvalue weighted by Gasteiger charge is -2.29. The number of anilines is 2. The number of nitrogen functional groups attached to an aromatic ring is 1. The summed E-state index contributed by atoms with van der Waals surface area (Å²) in [6.45, 7) is 4.26. The first kappa shape index (κ1) is 39.2. The standard InChI is InChI=1S/C43H45N9O8/c44-39-38-37(26-4-6-27(7-5-26)41(54)47-35-3-1-2-12-45-35)49-40(51(38)14-13-46-39)33-22-29-24-59-25-34(29)50(33)15-16-57-17-18-58-19-20-60-30-8-9-31-28(21-30)23-52(43(31)56)32-10-11-36(53)48-42(32)55/h1-9,12-14,21,29,32-34H,10-11,15-20,22-25H2,(H2,44,46)(H,45,47,54)(H,48,53,55)/t29-,32?,33-,34+/m0/s1. The number of fused-ring (bicyclic) bond motifs is 3. The van der Waals surface area contributed by atoms with Crippen LogP contribution in [0.3, 0.4) is 0 Å². The Morgan fingerprint density at radius 2 is 1.77 bits per heavy atom. The second kappa shape index (κ2) is 17.1. The first-order valence-corrected chi connectivity index (χ1v) is 20.2. The lowest BCUT2D eigenvalue weighted by Crippen LogP contribution is -2.52. The van der Waals surface area contributed by atoms with Gasteiger partial charge in [0.1, 0.15) is 47.1 Å². The maximum absolute atomic E-state index is 13.0. The number of piperidine rings is 1. The third-order valence-electron chi connectivity index (χ3n) is 11.6. The van der Waals surface area contributed by atoms with Gasteiger partial charge in [0.15, 0.2) is 0 Å². The van der Waals surface area contributed by atoms with Crippen LogP contribution in [0, 0.1) is 5.92 Å². The molecule has 4 atom stereocenters. The summed E-state index contributed by atoms with van der Waals surface area (Å²) in [5, 5.41) is 5.14. The summed E-state index contributed by atoms with van der Waals surface area (Å²) in [6.07, 6.45) is 6.61. The SMILES string of the molecule is Nc1nccn2c([C@@H]3C[C@H]4COC[C@H]4N3CCOCCOCCOc3ccc4c(c3)CN(C3CCC(=O)NC3=O)C4=O)nc(-c3ccc(C(=O)Nc4ccccn4)cc3)c12. The summed E-state index contributed by atoms with van der Waals surface area (Å²) in [7, 11) is 0. The van der Waals surface area contributed by atoms with Crippen LogP contribution in [0.1, 0.15) is 57.4 Å². The molecule has 0 aliphatic carbocycles. The van der Waals surface area contributed by atoms with Crippen LogP contribution >= 0.6 is 0 Å². The molecular weight excluding hydrogens is 771 g/mol. The van der Waals surface area contributed by atoms with Crippen LogP contribution in [0.25, 0.3) is 16.8 Å². The summed E-state index contributed by atoms with van der Waals surface area (Å²) >= 11 is 0. The molecule has 4 N–H and O–H groups in total. The van der Waals surface area contributed by atoms with Gasteiger partial charge >= 0.3 is 0 Å².